The van der Waals surface area contributed by atoms with Crippen LogP contribution in [0.4, 0.5) is 0 Å². The van der Waals surface area contributed by atoms with Gasteiger partial charge in [-0.05, 0) is 0 Å². The molecule has 0 aliphatic rings. The van der Waals surface area contributed by atoms with Gasteiger partial charge in [-0.1, -0.05) is 0 Å². The van der Waals surface area contributed by atoms with Crippen LogP contribution in [0, 0.1) is 0 Å². The van der Waals surface area contributed by atoms with Crippen molar-refractivity contribution in [1.29, 1.82) is 0 Å². The first-order chi connectivity index (χ1) is 1.00. The zero-order valence-electron chi connectivity index (χ0n) is 1.52. The summed E-state index contributed by atoms with van der Waals surface area (Å²) in [4.78, 5) is 0. The summed E-state index contributed by atoms with van der Waals surface area (Å²) in [7, 11) is 0. The van der Waals surface area contributed by atoms with Crippen LogP contribution >= 0.6 is 0 Å². The van der Waals surface area contributed by atoms with Gasteiger partial charge in [-0.2, -0.15) is 0 Å². The zero-order chi connectivity index (χ0) is 2.00. The molecule has 0 aliphatic heterocycles. The van der Waals surface area contributed by atoms with Crippen molar-refractivity contribution >= 4 is 46.1 Å². The van der Waals surface area contributed by atoms with E-state index in [1.165, 1.54) is 0 Å². The van der Waals surface area contributed by atoms with E-state index in [0.717, 1.165) is 0 Å². The molecule has 0 atom stereocenters. The Morgan fingerprint density at radius 2 is 1.00 bits per heavy atom. The normalized spacial score (nSPS) is 1.50. The number of hydrogen-bond acceptors (Lipinski definition) is 2. The van der Waals surface area contributed by atoms with Gasteiger partial charge in [0.2, 0.25) is 0 Å². The Morgan fingerprint density at radius 3 is 1.00 bits per heavy atom. The molecule has 0 radical (unpaired) electrons. The fraction of sp³-hybridized carbons (Fsp3) is 0. The van der Waals surface area contributed by atoms with Gasteiger partial charge in [-0.15, -0.1) is 0 Å². The number of hydrogen-bond donors (Lipinski definition) is 0. The molecule has 0 saturated carbocycles. The topological polar surface area (TPSA) is 46.1 Å². The van der Waals surface area contributed by atoms with Crippen LogP contribution in [0.25, 0.3) is 0 Å². The maximum Gasteiger partial charge on any atom is 2.00 e. The molecule has 0 spiro atoms. The Kier molecular flexibility index (Phi) is 113. The first-order valence-electron chi connectivity index (χ1n) is 0.167. The van der Waals surface area contributed by atoms with Crippen molar-refractivity contribution in [3.63, 3.8) is 0 Å². The standard InChI is InChI=1S/2Mg.O2.2H/c;;1-2;;/q;+2;-2;;. The summed E-state index contributed by atoms with van der Waals surface area (Å²) in [6.45, 7) is 0. The predicted molar refractivity (Wildman–Crippen MR) is 14.3 cm³/mol. The van der Waals surface area contributed by atoms with E-state index in [2.05, 4.69) is 0 Å². The smallest absolute Gasteiger partial charge is 1.00 e. The molecule has 0 saturated heterocycles. The maximum absolute atomic E-state index is 7.00. The van der Waals surface area contributed by atoms with Gasteiger partial charge in [-0.25, -0.2) is 0 Å². The van der Waals surface area contributed by atoms with Crippen LogP contribution in [0.3, 0.4) is 0 Å². The van der Waals surface area contributed by atoms with Crippen LogP contribution in [0.1, 0.15) is 0 Å². The maximum atomic E-state index is 7.00. The quantitative estimate of drug-likeness (QED) is 0.172. The van der Waals surface area contributed by atoms with E-state index in [4.69, 9.17) is 10.5 Å². The average molecular weight is 82.6 g/mol. The summed E-state index contributed by atoms with van der Waals surface area (Å²) >= 11 is 0. The third kappa shape index (κ3) is 9.84. The minimum atomic E-state index is 0. The van der Waals surface area contributed by atoms with Crippen molar-refractivity contribution in [2.75, 3.05) is 0 Å². The molecular formula is H2Mg2O2. The second-order valence-electron chi connectivity index (χ2n) is 0. The molecule has 4 heteroatoms. The van der Waals surface area contributed by atoms with Crippen molar-refractivity contribution in [3.05, 3.63) is 0 Å². The first-order valence-corrected chi connectivity index (χ1v) is 0.167. The van der Waals surface area contributed by atoms with Gasteiger partial charge in [0.05, 0.1) is 0 Å². The summed E-state index contributed by atoms with van der Waals surface area (Å²) in [5, 5.41) is 14.0. The summed E-state index contributed by atoms with van der Waals surface area (Å²) in [6, 6.07) is 0. The zero-order valence-corrected chi connectivity index (χ0v) is 2.94. The van der Waals surface area contributed by atoms with Gasteiger partial charge >= 0.3 is 46.1 Å². The van der Waals surface area contributed by atoms with Crippen LogP contribution in [0.15, 0.2) is 0 Å². The van der Waals surface area contributed by atoms with E-state index in [1.54, 1.807) is 0 Å². The molecule has 0 unspecified atom stereocenters. The van der Waals surface area contributed by atoms with E-state index >= 15 is 0 Å². The number of rotatable bonds is 0. The molecule has 0 fully saturated rings. The Hall–Kier alpha value is 1.45. The molecule has 0 aromatic carbocycles. The molecule has 18 valence electrons. The van der Waals surface area contributed by atoms with Crippen LogP contribution in [0.5, 0.6) is 0 Å². The van der Waals surface area contributed by atoms with Gasteiger partial charge in [0.15, 0.2) is 0 Å². The van der Waals surface area contributed by atoms with Crippen molar-refractivity contribution in [1.82, 2.24) is 0 Å². The monoisotopic (exact) mass is 82.0 g/mol. The Morgan fingerprint density at radius 1 is 1.00 bits per heavy atom. The third-order valence-corrected chi connectivity index (χ3v) is 0. The fourth-order valence-corrected chi connectivity index (χ4v) is 0. The molecule has 0 amide bonds. The predicted octanol–water partition coefficient (Wildman–Crippen LogP) is -3.68. The van der Waals surface area contributed by atoms with Gasteiger partial charge in [0.1, 0.15) is 0 Å². The molecule has 4 heavy (non-hydrogen) atoms. The molecule has 0 rings (SSSR count). The second-order valence-corrected chi connectivity index (χ2v) is 0. The van der Waals surface area contributed by atoms with Crippen LogP contribution in [-0.4, -0.2) is 46.1 Å². The third-order valence-electron chi connectivity index (χ3n) is 0. The molecule has 0 aliphatic carbocycles. The molecule has 0 aromatic heterocycles. The van der Waals surface area contributed by atoms with Gasteiger partial charge in [0.25, 0.3) is 0 Å². The minimum Gasteiger partial charge on any atom is -1.00 e. The van der Waals surface area contributed by atoms with E-state index < -0.39 is 0 Å². The molecule has 0 bridgehead atoms. The SMILES string of the molecule is [Mg+2].[MgH2].[O-][O-]. The van der Waals surface area contributed by atoms with Crippen molar-refractivity contribution < 1.29 is 10.5 Å². The summed E-state index contributed by atoms with van der Waals surface area (Å²) in [5.41, 5.74) is 0. The fourth-order valence-electron chi connectivity index (χ4n) is 0. The van der Waals surface area contributed by atoms with Crippen LogP contribution in [0.2, 0.25) is 0 Å². The van der Waals surface area contributed by atoms with E-state index in [9.17, 15) is 0 Å². The average Bonchev–Trinajstić information content (AvgIpc) is 1.00. The van der Waals surface area contributed by atoms with E-state index in [1.807, 2.05) is 0 Å². The van der Waals surface area contributed by atoms with Crippen LogP contribution < -0.4 is 10.5 Å². The summed E-state index contributed by atoms with van der Waals surface area (Å²) in [6.07, 6.45) is 0. The van der Waals surface area contributed by atoms with Gasteiger partial charge in [-0.3, -0.25) is 0 Å². The van der Waals surface area contributed by atoms with Crippen LogP contribution in [-0.2, 0) is 0 Å². The van der Waals surface area contributed by atoms with E-state index in [-0.39, 0.29) is 46.1 Å². The molecule has 2 nitrogen and oxygen atoms in total. The second kappa shape index (κ2) is 25.2. The summed E-state index contributed by atoms with van der Waals surface area (Å²) < 4.78 is 0. The molecule has 0 heterocycles. The Labute approximate surface area is 56.4 Å². The minimum absolute atomic E-state index is 0. The van der Waals surface area contributed by atoms with Crippen molar-refractivity contribution in [3.8, 4) is 0 Å². The molecular weight excluding hydrogens is 80.6 g/mol. The Bertz CT molecular complexity index is 4.00. The van der Waals surface area contributed by atoms with Crippen molar-refractivity contribution in [2.24, 2.45) is 0 Å². The van der Waals surface area contributed by atoms with Crippen molar-refractivity contribution in [2.45, 2.75) is 0 Å². The molecule has 0 N–H and O–H groups in total. The summed E-state index contributed by atoms with van der Waals surface area (Å²) in [5.74, 6) is 0. The van der Waals surface area contributed by atoms with Gasteiger partial charge < -0.3 is 10.5 Å². The Balaban J connectivity index is -0.00000000500. The van der Waals surface area contributed by atoms with Gasteiger partial charge in [0, 0.05) is 0 Å². The first kappa shape index (κ1) is 18.0. The largest absolute Gasteiger partial charge is 2.00 e. The molecule has 0 aromatic rings. The van der Waals surface area contributed by atoms with E-state index in [0.29, 0.717) is 0 Å².